The molecule has 0 radical (unpaired) electrons. The third-order valence-corrected chi connectivity index (χ3v) is 11.1. The summed E-state index contributed by atoms with van der Waals surface area (Å²) in [6.07, 6.45) is 66.4. The molecule has 1 unspecified atom stereocenters. The van der Waals surface area contributed by atoms with Gasteiger partial charge in [-0.25, -0.2) is 0 Å². The molecule has 342 valence electrons. The lowest BCUT2D eigenvalue weighted by Crippen LogP contribution is -2.28. The van der Waals surface area contributed by atoms with Crippen molar-refractivity contribution in [1.29, 1.82) is 0 Å². The maximum Gasteiger partial charge on any atom is 0.306 e. The van der Waals surface area contributed by atoms with Crippen LogP contribution in [0, 0.1) is 0 Å². The van der Waals surface area contributed by atoms with Crippen molar-refractivity contribution in [3.05, 3.63) is 60.8 Å². The zero-order valence-corrected chi connectivity index (χ0v) is 39.0. The topological polar surface area (TPSA) is 72.8 Å². The van der Waals surface area contributed by atoms with E-state index in [1.807, 2.05) is 0 Å². The lowest BCUT2D eigenvalue weighted by Gasteiger charge is -2.15. The molecule has 1 N–H and O–H groups in total. The fraction of sp³-hybridized carbons (Fsp3) is 0.778. The van der Waals surface area contributed by atoms with Gasteiger partial charge in [-0.15, -0.1) is 0 Å². The summed E-state index contributed by atoms with van der Waals surface area (Å²) in [7, 11) is 0. The molecule has 0 spiro atoms. The molecule has 0 bridgehead atoms. The van der Waals surface area contributed by atoms with Crippen LogP contribution < -0.4 is 0 Å². The molecule has 5 heteroatoms. The molecule has 0 saturated carbocycles. The van der Waals surface area contributed by atoms with Crippen molar-refractivity contribution in [3.8, 4) is 0 Å². The first-order valence-electron chi connectivity index (χ1n) is 25.3. The van der Waals surface area contributed by atoms with Crippen LogP contribution in [0.1, 0.15) is 251 Å². The van der Waals surface area contributed by atoms with Gasteiger partial charge in [0.2, 0.25) is 0 Å². The molecule has 0 aromatic heterocycles. The van der Waals surface area contributed by atoms with Gasteiger partial charge in [-0.1, -0.05) is 242 Å². The summed E-state index contributed by atoms with van der Waals surface area (Å²) in [6, 6.07) is 0. The summed E-state index contributed by atoms with van der Waals surface area (Å²) < 4.78 is 10.6. The second kappa shape index (κ2) is 50.0. The second-order valence-electron chi connectivity index (χ2n) is 16.9. The van der Waals surface area contributed by atoms with Crippen LogP contribution in [0.5, 0.6) is 0 Å². The molecule has 0 aliphatic rings. The van der Waals surface area contributed by atoms with E-state index >= 15 is 0 Å². The average Bonchev–Trinajstić information content (AvgIpc) is 3.24. The van der Waals surface area contributed by atoms with Crippen molar-refractivity contribution >= 4 is 11.9 Å². The molecule has 0 aliphatic heterocycles. The first-order valence-corrected chi connectivity index (χ1v) is 25.3. The van der Waals surface area contributed by atoms with E-state index in [9.17, 15) is 14.7 Å². The van der Waals surface area contributed by atoms with Crippen molar-refractivity contribution in [2.24, 2.45) is 0 Å². The number of allylic oxidation sites excluding steroid dienone is 10. The number of hydrogen-bond donors (Lipinski definition) is 1. The first kappa shape index (κ1) is 56.6. The number of carbonyl (C=O) groups excluding carboxylic acids is 2. The highest BCUT2D eigenvalue weighted by molar-refractivity contribution is 5.70. The summed E-state index contributed by atoms with van der Waals surface area (Å²) in [5.41, 5.74) is 0. The Hall–Kier alpha value is -2.40. The number of aliphatic hydroxyl groups excluding tert-OH is 1. The zero-order valence-electron chi connectivity index (χ0n) is 39.0. The van der Waals surface area contributed by atoms with E-state index < -0.39 is 6.10 Å². The summed E-state index contributed by atoms with van der Waals surface area (Å²) in [4.78, 5) is 24.2. The standard InChI is InChI=1S/C54H96O5/c1-3-5-7-9-11-13-14-15-16-17-18-19-20-21-22-23-24-25-26-27-28-29-30-31-32-33-34-35-36-37-38-39-40-41-43-45-47-49-54(57)59-52(50-55)51-58-53(56)48-46-44-42-12-10-8-6-4-2/h5,7,11,13,15-16,18-19,21-22,52,55H,3-4,6,8-10,12,14,17,20,23-51H2,1-2H3/b7-5-,13-11-,16-15-,19-18-,22-21-. The van der Waals surface area contributed by atoms with E-state index in [-0.39, 0.29) is 25.2 Å². The summed E-state index contributed by atoms with van der Waals surface area (Å²) in [5.74, 6) is -0.586. The average molecular weight is 825 g/mol. The van der Waals surface area contributed by atoms with Crippen LogP contribution in [0.4, 0.5) is 0 Å². The molecule has 0 aromatic carbocycles. The highest BCUT2D eigenvalue weighted by Gasteiger charge is 2.16. The van der Waals surface area contributed by atoms with Crippen LogP contribution in [0.3, 0.4) is 0 Å². The fourth-order valence-corrected chi connectivity index (χ4v) is 7.29. The van der Waals surface area contributed by atoms with Crippen molar-refractivity contribution in [2.45, 2.75) is 258 Å². The number of carbonyl (C=O) groups is 2. The predicted molar refractivity (Wildman–Crippen MR) is 256 cm³/mol. The molecule has 0 amide bonds. The molecule has 1 atom stereocenters. The molecular weight excluding hydrogens is 729 g/mol. The van der Waals surface area contributed by atoms with Gasteiger partial charge in [0.1, 0.15) is 6.61 Å². The van der Waals surface area contributed by atoms with Gasteiger partial charge >= 0.3 is 11.9 Å². The van der Waals surface area contributed by atoms with Gasteiger partial charge in [-0.05, 0) is 57.8 Å². The number of hydrogen-bond acceptors (Lipinski definition) is 5. The Bertz CT molecular complexity index is 1020. The Morgan fingerprint density at radius 1 is 0.407 bits per heavy atom. The van der Waals surface area contributed by atoms with Crippen LogP contribution in [0.25, 0.3) is 0 Å². The number of rotatable bonds is 46. The second-order valence-corrected chi connectivity index (χ2v) is 16.9. The van der Waals surface area contributed by atoms with Gasteiger partial charge in [-0.2, -0.15) is 0 Å². The number of esters is 2. The molecule has 5 nitrogen and oxygen atoms in total. The van der Waals surface area contributed by atoms with E-state index in [1.54, 1.807) is 0 Å². The fourth-order valence-electron chi connectivity index (χ4n) is 7.29. The lowest BCUT2D eigenvalue weighted by atomic mass is 10.0. The molecule has 0 aromatic rings. The van der Waals surface area contributed by atoms with Gasteiger partial charge in [0.25, 0.3) is 0 Å². The molecule has 0 heterocycles. The minimum atomic E-state index is -0.766. The maximum absolute atomic E-state index is 12.2. The minimum absolute atomic E-state index is 0.0621. The summed E-state index contributed by atoms with van der Waals surface area (Å²) >= 11 is 0. The highest BCUT2D eigenvalue weighted by Crippen LogP contribution is 2.16. The quantitative estimate of drug-likeness (QED) is 0.0376. The minimum Gasteiger partial charge on any atom is -0.462 e. The molecule has 0 rings (SSSR count). The van der Waals surface area contributed by atoms with E-state index in [0.717, 1.165) is 70.6 Å². The smallest absolute Gasteiger partial charge is 0.306 e. The number of aliphatic hydroxyl groups is 1. The predicted octanol–water partition coefficient (Wildman–Crippen LogP) is 16.7. The zero-order chi connectivity index (χ0) is 42.8. The van der Waals surface area contributed by atoms with Gasteiger partial charge in [0, 0.05) is 12.8 Å². The largest absolute Gasteiger partial charge is 0.462 e. The van der Waals surface area contributed by atoms with Crippen molar-refractivity contribution in [3.63, 3.8) is 0 Å². The van der Waals surface area contributed by atoms with E-state index in [4.69, 9.17) is 9.47 Å². The van der Waals surface area contributed by atoms with E-state index in [0.29, 0.717) is 12.8 Å². The monoisotopic (exact) mass is 825 g/mol. The van der Waals surface area contributed by atoms with Gasteiger partial charge in [0.05, 0.1) is 6.61 Å². The molecular formula is C54H96O5. The van der Waals surface area contributed by atoms with Crippen molar-refractivity contribution in [2.75, 3.05) is 13.2 Å². The van der Waals surface area contributed by atoms with Crippen LogP contribution in [0.15, 0.2) is 60.8 Å². The highest BCUT2D eigenvalue weighted by atomic mass is 16.6. The first-order chi connectivity index (χ1) is 29.1. The van der Waals surface area contributed by atoms with Crippen molar-refractivity contribution < 1.29 is 24.2 Å². The lowest BCUT2D eigenvalue weighted by molar-refractivity contribution is -0.161. The van der Waals surface area contributed by atoms with Crippen LogP contribution in [0.2, 0.25) is 0 Å². The summed E-state index contributed by atoms with van der Waals surface area (Å²) in [6.45, 7) is 4.00. The van der Waals surface area contributed by atoms with Crippen molar-refractivity contribution in [1.82, 2.24) is 0 Å². The Morgan fingerprint density at radius 2 is 0.729 bits per heavy atom. The Balaban J connectivity index is 3.39. The Kier molecular flexibility index (Phi) is 47.9. The molecule has 0 saturated heterocycles. The number of unbranched alkanes of at least 4 members (excludes halogenated alkanes) is 28. The molecule has 0 fully saturated rings. The van der Waals surface area contributed by atoms with E-state index in [2.05, 4.69) is 74.6 Å². The van der Waals surface area contributed by atoms with Crippen LogP contribution in [-0.2, 0) is 19.1 Å². The third kappa shape index (κ3) is 48.1. The normalized spacial score (nSPS) is 12.7. The van der Waals surface area contributed by atoms with Gasteiger partial charge in [-0.3, -0.25) is 9.59 Å². The SMILES string of the molecule is CC/C=C\C/C=C\C/C=C\C/C=C\C/C=C\CCCCCCCCCCCCCCCCCCCCCCCC(=O)OC(CO)COC(=O)CCCCCCCCCC. The van der Waals surface area contributed by atoms with Crippen LogP contribution in [-0.4, -0.2) is 36.4 Å². The Morgan fingerprint density at radius 3 is 1.10 bits per heavy atom. The van der Waals surface area contributed by atoms with Crippen LogP contribution >= 0.6 is 0 Å². The molecule has 59 heavy (non-hydrogen) atoms. The Labute approximate surface area is 366 Å². The summed E-state index contributed by atoms with van der Waals surface area (Å²) in [5, 5.41) is 9.55. The maximum atomic E-state index is 12.2. The molecule has 0 aliphatic carbocycles. The number of ether oxygens (including phenoxy) is 2. The van der Waals surface area contributed by atoms with E-state index in [1.165, 1.54) is 154 Å². The third-order valence-electron chi connectivity index (χ3n) is 11.1. The van der Waals surface area contributed by atoms with Gasteiger partial charge < -0.3 is 14.6 Å². The van der Waals surface area contributed by atoms with Gasteiger partial charge in [0.15, 0.2) is 6.10 Å².